The fourth-order valence-electron chi connectivity index (χ4n) is 3.39. The normalized spacial score (nSPS) is 11.5. The van der Waals surface area contributed by atoms with E-state index in [2.05, 4.69) is 10.6 Å². The van der Waals surface area contributed by atoms with E-state index in [1.165, 1.54) is 4.90 Å². The van der Waals surface area contributed by atoms with Crippen LogP contribution >= 0.6 is 23.2 Å². The second-order valence-electron chi connectivity index (χ2n) is 9.74. The van der Waals surface area contributed by atoms with Gasteiger partial charge in [-0.3, -0.25) is 4.79 Å². The first-order valence-electron chi connectivity index (χ1n) is 11.4. The number of aromatic nitrogens is 2. The molecule has 0 aliphatic rings. The summed E-state index contributed by atoms with van der Waals surface area (Å²) in [6.07, 6.45) is 0. The smallest absolute Gasteiger partial charge is 0.313 e. The molecule has 3 rings (SSSR count). The van der Waals surface area contributed by atoms with Gasteiger partial charge in [0.1, 0.15) is 12.4 Å². The number of benzene rings is 2. The average Bonchev–Trinajstić information content (AvgIpc) is 3.18. The second kappa shape index (κ2) is 10.7. The third-order valence-electron chi connectivity index (χ3n) is 5.36. The van der Waals surface area contributed by atoms with E-state index in [-0.39, 0.29) is 29.9 Å². The van der Waals surface area contributed by atoms with Gasteiger partial charge in [-0.05, 0) is 56.7 Å². The predicted molar refractivity (Wildman–Crippen MR) is 143 cm³/mol. The molecular weight excluding hydrogens is 485 g/mol. The molecule has 0 aliphatic heterocycles. The van der Waals surface area contributed by atoms with Crippen LogP contribution in [0.4, 0.5) is 16.3 Å². The zero-order valence-electron chi connectivity index (χ0n) is 20.8. The van der Waals surface area contributed by atoms with Crippen molar-refractivity contribution in [3.8, 4) is 5.69 Å². The SMILES string of the molecule is Cc1cccc(NC(=O)N(CC(=O)Nc2cc(C(C)(C)C)nn2-c2ccc(Cl)c(Cl)c2)C(C)C)c1. The van der Waals surface area contributed by atoms with Crippen molar-refractivity contribution < 1.29 is 9.59 Å². The topological polar surface area (TPSA) is 79.3 Å². The van der Waals surface area contributed by atoms with Crippen LogP contribution in [-0.4, -0.2) is 39.2 Å². The maximum atomic E-state index is 13.1. The van der Waals surface area contributed by atoms with Crippen molar-refractivity contribution in [1.82, 2.24) is 14.7 Å². The summed E-state index contributed by atoms with van der Waals surface area (Å²) in [5.41, 5.74) is 2.90. The van der Waals surface area contributed by atoms with Crippen LogP contribution in [0.1, 0.15) is 45.9 Å². The van der Waals surface area contributed by atoms with Gasteiger partial charge in [-0.1, -0.05) is 56.1 Å². The van der Waals surface area contributed by atoms with Gasteiger partial charge in [-0.15, -0.1) is 0 Å². The van der Waals surface area contributed by atoms with Crippen molar-refractivity contribution in [2.24, 2.45) is 0 Å². The Bertz CT molecular complexity index is 1230. The Labute approximate surface area is 216 Å². The van der Waals surface area contributed by atoms with Gasteiger partial charge in [0.05, 0.1) is 21.4 Å². The maximum Gasteiger partial charge on any atom is 0.322 e. The molecule has 2 N–H and O–H groups in total. The van der Waals surface area contributed by atoms with Crippen molar-refractivity contribution >= 4 is 46.6 Å². The number of aryl methyl sites for hydroxylation is 1. The zero-order chi connectivity index (χ0) is 25.9. The number of carbonyl (C=O) groups is 2. The molecule has 0 radical (unpaired) electrons. The molecule has 0 spiro atoms. The van der Waals surface area contributed by atoms with Gasteiger partial charge >= 0.3 is 6.03 Å². The summed E-state index contributed by atoms with van der Waals surface area (Å²) in [7, 11) is 0. The second-order valence-corrected chi connectivity index (χ2v) is 10.6. The molecular formula is C26H31Cl2N5O2. The Hall–Kier alpha value is -3.03. The molecule has 0 saturated carbocycles. The van der Waals surface area contributed by atoms with Crippen molar-refractivity contribution in [2.75, 3.05) is 17.2 Å². The van der Waals surface area contributed by atoms with Gasteiger partial charge in [0.25, 0.3) is 0 Å². The lowest BCUT2D eigenvalue weighted by Crippen LogP contribution is -2.44. The molecule has 3 aromatic rings. The number of carbonyl (C=O) groups excluding carboxylic acids is 2. The van der Waals surface area contributed by atoms with E-state index in [1.54, 1.807) is 22.9 Å². The number of halogens is 2. The van der Waals surface area contributed by atoms with Gasteiger partial charge in [-0.25, -0.2) is 9.48 Å². The van der Waals surface area contributed by atoms with E-state index in [1.807, 2.05) is 71.9 Å². The van der Waals surface area contributed by atoms with Gasteiger partial charge < -0.3 is 15.5 Å². The van der Waals surface area contributed by atoms with Crippen molar-refractivity contribution in [3.63, 3.8) is 0 Å². The van der Waals surface area contributed by atoms with E-state index in [0.29, 0.717) is 27.2 Å². The van der Waals surface area contributed by atoms with E-state index >= 15 is 0 Å². The largest absolute Gasteiger partial charge is 0.322 e. The number of hydrogen-bond acceptors (Lipinski definition) is 3. The Kier molecular flexibility index (Phi) is 8.13. The zero-order valence-corrected chi connectivity index (χ0v) is 22.3. The Morgan fingerprint density at radius 1 is 1.03 bits per heavy atom. The summed E-state index contributed by atoms with van der Waals surface area (Å²) >= 11 is 12.3. The Morgan fingerprint density at radius 3 is 2.34 bits per heavy atom. The summed E-state index contributed by atoms with van der Waals surface area (Å²) in [5.74, 6) is 0.126. The highest BCUT2D eigenvalue weighted by Crippen LogP contribution is 2.29. The molecule has 0 unspecified atom stereocenters. The lowest BCUT2D eigenvalue weighted by Gasteiger charge is -2.26. The lowest BCUT2D eigenvalue weighted by atomic mass is 9.92. The molecule has 2 aromatic carbocycles. The summed E-state index contributed by atoms with van der Waals surface area (Å²) in [4.78, 5) is 27.5. The fourth-order valence-corrected chi connectivity index (χ4v) is 3.69. The van der Waals surface area contributed by atoms with Crippen molar-refractivity contribution in [2.45, 2.75) is 53.0 Å². The standard InChI is InChI=1S/C26H31Cl2N5O2/c1-16(2)32(25(35)29-18-9-7-8-17(3)12-18)15-24(34)30-23-14-22(26(4,5)6)31-33(23)19-10-11-20(27)21(28)13-19/h7-14,16H,15H2,1-6H3,(H,29,35)(H,30,34). The molecule has 0 atom stereocenters. The average molecular weight is 516 g/mol. The molecule has 35 heavy (non-hydrogen) atoms. The third kappa shape index (κ3) is 6.77. The quantitative estimate of drug-likeness (QED) is 0.384. The number of nitrogens with zero attached hydrogens (tertiary/aromatic N) is 3. The molecule has 3 amide bonds. The van der Waals surface area contributed by atoms with Crippen LogP contribution in [0, 0.1) is 6.92 Å². The molecule has 0 saturated heterocycles. The summed E-state index contributed by atoms with van der Waals surface area (Å²) in [5, 5.41) is 11.3. The molecule has 1 heterocycles. The molecule has 9 heteroatoms. The minimum atomic E-state index is -0.353. The molecule has 0 bridgehead atoms. The van der Waals surface area contributed by atoms with E-state index in [4.69, 9.17) is 28.3 Å². The molecule has 1 aromatic heterocycles. The Balaban J connectivity index is 1.83. The highest BCUT2D eigenvalue weighted by Gasteiger charge is 2.24. The minimum Gasteiger partial charge on any atom is -0.313 e. The van der Waals surface area contributed by atoms with Crippen LogP contribution in [0.5, 0.6) is 0 Å². The molecule has 0 fully saturated rings. The molecule has 0 aliphatic carbocycles. The summed E-state index contributed by atoms with van der Waals surface area (Å²) in [6, 6.07) is 13.9. The minimum absolute atomic E-state index is 0.132. The van der Waals surface area contributed by atoms with Gasteiger partial charge in [0.2, 0.25) is 5.91 Å². The highest BCUT2D eigenvalue weighted by atomic mass is 35.5. The Morgan fingerprint density at radius 2 is 1.74 bits per heavy atom. The number of amides is 3. The number of nitrogens with one attached hydrogen (secondary N) is 2. The first kappa shape index (κ1) is 26.6. The van der Waals surface area contributed by atoms with Crippen LogP contribution in [0.2, 0.25) is 10.0 Å². The van der Waals surface area contributed by atoms with Gasteiger partial charge in [0.15, 0.2) is 0 Å². The number of hydrogen-bond donors (Lipinski definition) is 2. The number of urea groups is 1. The first-order valence-corrected chi connectivity index (χ1v) is 12.1. The third-order valence-corrected chi connectivity index (χ3v) is 6.10. The molecule has 7 nitrogen and oxygen atoms in total. The van der Waals surface area contributed by atoms with Crippen LogP contribution in [-0.2, 0) is 10.2 Å². The monoisotopic (exact) mass is 515 g/mol. The highest BCUT2D eigenvalue weighted by molar-refractivity contribution is 6.42. The van der Waals surface area contributed by atoms with Gasteiger partial charge in [-0.2, -0.15) is 5.10 Å². The van der Waals surface area contributed by atoms with Crippen molar-refractivity contribution in [3.05, 3.63) is 69.8 Å². The van der Waals surface area contributed by atoms with E-state index in [9.17, 15) is 9.59 Å². The van der Waals surface area contributed by atoms with Gasteiger partial charge in [0, 0.05) is 23.2 Å². The van der Waals surface area contributed by atoms with Crippen LogP contribution in [0.25, 0.3) is 5.69 Å². The van der Waals surface area contributed by atoms with Crippen LogP contribution in [0.3, 0.4) is 0 Å². The number of rotatable bonds is 6. The molecule has 186 valence electrons. The van der Waals surface area contributed by atoms with Crippen LogP contribution in [0.15, 0.2) is 48.5 Å². The lowest BCUT2D eigenvalue weighted by molar-refractivity contribution is -0.117. The van der Waals surface area contributed by atoms with E-state index < -0.39 is 0 Å². The fraction of sp³-hybridized carbons (Fsp3) is 0.346. The summed E-state index contributed by atoms with van der Waals surface area (Å²) in [6.45, 7) is 11.7. The van der Waals surface area contributed by atoms with E-state index in [0.717, 1.165) is 11.3 Å². The number of anilines is 2. The predicted octanol–water partition coefficient (Wildman–Crippen LogP) is 6.67. The summed E-state index contributed by atoms with van der Waals surface area (Å²) < 4.78 is 1.62. The first-order chi connectivity index (χ1) is 16.3. The maximum absolute atomic E-state index is 13.1. The van der Waals surface area contributed by atoms with Crippen molar-refractivity contribution in [1.29, 1.82) is 0 Å². The van der Waals surface area contributed by atoms with Crippen LogP contribution < -0.4 is 10.6 Å².